The quantitative estimate of drug-likeness (QED) is 0.559. The number of carbonyl (C=O) groups is 1. The number of aliphatic hydroxyl groups is 1. The minimum atomic E-state index is -0.253. The molecule has 1 unspecified atom stereocenters. The van der Waals surface area contributed by atoms with E-state index in [9.17, 15) is 4.79 Å². The first kappa shape index (κ1) is 14.9. The lowest BCUT2D eigenvalue weighted by atomic mass is 10.1. The summed E-state index contributed by atoms with van der Waals surface area (Å²) < 4.78 is 5.06. The molecule has 3 heteroatoms. The van der Waals surface area contributed by atoms with Gasteiger partial charge in [-0.3, -0.25) is 4.79 Å². The van der Waals surface area contributed by atoms with Crippen LogP contribution in [0.2, 0.25) is 0 Å². The number of allylic oxidation sites excluding steroid dienone is 2. The van der Waals surface area contributed by atoms with Crippen molar-refractivity contribution in [1.82, 2.24) is 0 Å². The summed E-state index contributed by atoms with van der Waals surface area (Å²) in [5.41, 5.74) is 2.23. The zero-order valence-electron chi connectivity index (χ0n) is 10.6. The zero-order chi connectivity index (χ0) is 12.6. The van der Waals surface area contributed by atoms with Crippen molar-refractivity contribution in [2.24, 2.45) is 0 Å². The third-order valence-corrected chi connectivity index (χ3v) is 2.43. The van der Waals surface area contributed by atoms with Crippen molar-refractivity contribution in [2.75, 3.05) is 6.61 Å². The molecule has 0 amide bonds. The summed E-state index contributed by atoms with van der Waals surface area (Å²) in [5, 5.41) is 8.68. The number of aliphatic hydroxyl groups excluding tert-OH is 1. The Hall–Kier alpha value is -1.09. The molecule has 0 saturated heterocycles. The SMILES string of the molecule is CC(=O)OC(C)/C(C)=C/CC/C(C)=C/CO. The Kier molecular flexibility index (Phi) is 7.56. The van der Waals surface area contributed by atoms with Crippen LogP contribution in [0.25, 0.3) is 0 Å². The Bertz CT molecular complexity index is 277. The zero-order valence-corrected chi connectivity index (χ0v) is 10.6. The fourth-order valence-electron chi connectivity index (χ4n) is 1.29. The van der Waals surface area contributed by atoms with Crippen LogP contribution in [0.4, 0.5) is 0 Å². The summed E-state index contributed by atoms with van der Waals surface area (Å²) in [7, 11) is 0. The lowest BCUT2D eigenvalue weighted by Gasteiger charge is -2.12. The number of rotatable bonds is 6. The van der Waals surface area contributed by atoms with E-state index >= 15 is 0 Å². The van der Waals surface area contributed by atoms with E-state index in [1.54, 1.807) is 6.08 Å². The van der Waals surface area contributed by atoms with E-state index in [0.717, 1.165) is 18.4 Å². The van der Waals surface area contributed by atoms with Crippen LogP contribution in [0.1, 0.15) is 40.5 Å². The standard InChI is InChI=1S/C13H22O3/c1-10(8-9-14)6-5-7-11(2)12(3)16-13(4)15/h7-8,12,14H,5-6,9H2,1-4H3/b10-8+,11-7+. The van der Waals surface area contributed by atoms with Crippen molar-refractivity contribution in [2.45, 2.75) is 46.6 Å². The molecule has 0 spiro atoms. The fourth-order valence-corrected chi connectivity index (χ4v) is 1.29. The maximum absolute atomic E-state index is 10.7. The van der Waals surface area contributed by atoms with E-state index in [2.05, 4.69) is 6.08 Å². The van der Waals surface area contributed by atoms with Gasteiger partial charge in [0.2, 0.25) is 0 Å². The first-order valence-electron chi connectivity index (χ1n) is 5.57. The Morgan fingerprint density at radius 3 is 2.44 bits per heavy atom. The molecular weight excluding hydrogens is 204 g/mol. The Morgan fingerprint density at radius 2 is 1.94 bits per heavy atom. The summed E-state index contributed by atoms with van der Waals surface area (Å²) in [6.07, 6.45) is 5.55. The lowest BCUT2D eigenvalue weighted by molar-refractivity contribution is -0.143. The van der Waals surface area contributed by atoms with Crippen LogP contribution in [0.3, 0.4) is 0 Å². The maximum Gasteiger partial charge on any atom is 0.303 e. The molecule has 3 nitrogen and oxygen atoms in total. The van der Waals surface area contributed by atoms with Gasteiger partial charge in [-0.1, -0.05) is 17.7 Å². The van der Waals surface area contributed by atoms with Crippen LogP contribution in [-0.2, 0) is 9.53 Å². The second-order valence-corrected chi connectivity index (χ2v) is 3.97. The van der Waals surface area contributed by atoms with Gasteiger partial charge in [0.05, 0.1) is 6.61 Å². The van der Waals surface area contributed by atoms with Gasteiger partial charge in [-0.2, -0.15) is 0 Å². The molecule has 92 valence electrons. The van der Waals surface area contributed by atoms with Crippen molar-refractivity contribution < 1.29 is 14.6 Å². The summed E-state index contributed by atoms with van der Waals surface area (Å²) in [5.74, 6) is -0.253. The van der Waals surface area contributed by atoms with Gasteiger partial charge in [0, 0.05) is 6.92 Å². The molecule has 0 fully saturated rings. The summed E-state index contributed by atoms with van der Waals surface area (Å²) >= 11 is 0. The molecule has 0 aliphatic carbocycles. The third kappa shape index (κ3) is 7.23. The highest BCUT2D eigenvalue weighted by atomic mass is 16.5. The summed E-state index contributed by atoms with van der Waals surface area (Å²) in [6.45, 7) is 7.33. The lowest BCUT2D eigenvalue weighted by Crippen LogP contribution is -2.13. The van der Waals surface area contributed by atoms with E-state index in [1.807, 2.05) is 20.8 Å². The number of hydrogen-bond acceptors (Lipinski definition) is 3. The van der Waals surface area contributed by atoms with Gasteiger partial charge < -0.3 is 9.84 Å². The van der Waals surface area contributed by atoms with Gasteiger partial charge in [-0.05, 0) is 39.2 Å². The van der Waals surface area contributed by atoms with Crippen molar-refractivity contribution in [1.29, 1.82) is 0 Å². The third-order valence-electron chi connectivity index (χ3n) is 2.43. The van der Waals surface area contributed by atoms with Crippen LogP contribution in [0.5, 0.6) is 0 Å². The summed E-state index contributed by atoms with van der Waals surface area (Å²) in [6, 6.07) is 0. The minimum absolute atomic E-state index is 0.0956. The van der Waals surface area contributed by atoms with Crippen molar-refractivity contribution >= 4 is 5.97 Å². The molecule has 1 atom stereocenters. The minimum Gasteiger partial charge on any atom is -0.458 e. The Morgan fingerprint density at radius 1 is 1.31 bits per heavy atom. The van der Waals surface area contributed by atoms with Gasteiger partial charge in [0.15, 0.2) is 0 Å². The molecule has 0 saturated carbocycles. The smallest absolute Gasteiger partial charge is 0.303 e. The van der Waals surface area contributed by atoms with E-state index in [4.69, 9.17) is 9.84 Å². The van der Waals surface area contributed by atoms with Crippen LogP contribution in [0, 0.1) is 0 Å². The molecule has 0 aromatic heterocycles. The monoisotopic (exact) mass is 226 g/mol. The largest absolute Gasteiger partial charge is 0.458 e. The first-order valence-corrected chi connectivity index (χ1v) is 5.57. The van der Waals surface area contributed by atoms with Crippen molar-refractivity contribution in [3.8, 4) is 0 Å². The average molecular weight is 226 g/mol. The van der Waals surface area contributed by atoms with Crippen LogP contribution >= 0.6 is 0 Å². The first-order chi connectivity index (χ1) is 7.47. The van der Waals surface area contributed by atoms with Gasteiger partial charge in [0.25, 0.3) is 0 Å². The summed E-state index contributed by atoms with van der Waals surface area (Å²) in [4.78, 5) is 10.7. The van der Waals surface area contributed by atoms with Crippen LogP contribution in [0.15, 0.2) is 23.3 Å². The number of hydrogen-bond donors (Lipinski definition) is 1. The topological polar surface area (TPSA) is 46.5 Å². The maximum atomic E-state index is 10.7. The van der Waals surface area contributed by atoms with Gasteiger partial charge >= 0.3 is 5.97 Å². The van der Waals surface area contributed by atoms with Gasteiger partial charge in [0.1, 0.15) is 6.10 Å². The second kappa shape index (κ2) is 8.11. The van der Waals surface area contributed by atoms with Gasteiger partial charge in [-0.15, -0.1) is 0 Å². The van der Waals surface area contributed by atoms with Crippen molar-refractivity contribution in [3.63, 3.8) is 0 Å². The number of carbonyl (C=O) groups excluding carboxylic acids is 1. The average Bonchev–Trinajstić information content (AvgIpc) is 2.16. The highest BCUT2D eigenvalue weighted by Crippen LogP contribution is 2.10. The molecule has 0 aromatic carbocycles. The highest BCUT2D eigenvalue weighted by molar-refractivity contribution is 5.66. The molecule has 0 heterocycles. The van der Waals surface area contributed by atoms with Gasteiger partial charge in [-0.25, -0.2) is 0 Å². The normalized spacial score (nSPS) is 14.8. The fraction of sp³-hybridized carbons (Fsp3) is 0.615. The predicted molar refractivity (Wildman–Crippen MR) is 65.1 cm³/mol. The molecule has 1 N–H and O–H groups in total. The molecule has 0 aromatic rings. The van der Waals surface area contributed by atoms with E-state index in [0.29, 0.717) is 0 Å². The van der Waals surface area contributed by atoms with E-state index < -0.39 is 0 Å². The highest BCUT2D eigenvalue weighted by Gasteiger charge is 2.06. The Labute approximate surface area is 97.8 Å². The Balaban J connectivity index is 4.04. The van der Waals surface area contributed by atoms with Crippen LogP contribution in [-0.4, -0.2) is 23.8 Å². The van der Waals surface area contributed by atoms with E-state index in [-0.39, 0.29) is 18.7 Å². The second-order valence-electron chi connectivity index (χ2n) is 3.97. The predicted octanol–water partition coefficient (Wildman–Crippen LogP) is 2.60. The molecule has 0 rings (SSSR count). The van der Waals surface area contributed by atoms with E-state index in [1.165, 1.54) is 12.5 Å². The molecule has 16 heavy (non-hydrogen) atoms. The number of ether oxygens (including phenoxy) is 1. The molecule has 0 aliphatic heterocycles. The van der Waals surface area contributed by atoms with Crippen LogP contribution < -0.4 is 0 Å². The number of esters is 1. The molecule has 0 bridgehead atoms. The molecular formula is C13H22O3. The van der Waals surface area contributed by atoms with Crippen molar-refractivity contribution in [3.05, 3.63) is 23.3 Å². The molecule has 0 radical (unpaired) electrons. The molecule has 0 aliphatic rings.